The van der Waals surface area contributed by atoms with Gasteiger partial charge in [0.05, 0.1) is 17.2 Å². The molecule has 3 N–H and O–H groups in total. The summed E-state index contributed by atoms with van der Waals surface area (Å²) in [6, 6.07) is 3.03. The van der Waals surface area contributed by atoms with Crippen molar-refractivity contribution in [1.82, 2.24) is 5.32 Å². The maximum atomic E-state index is 12.9. The fraction of sp³-hybridized carbons (Fsp3) is 0.300. The highest BCUT2D eigenvalue weighted by atomic mass is 35.5. The minimum Gasteiger partial charge on any atom is -0.465 e. The summed E-state index contributed by atoms with van der Waals surface area (Å²) >= 11 is 5.55. The Labute approximate surface area is 96.7 Å². The third-order valence-electron chi connectivity index (χ3n) is 2.11. The third kappa shape index (κ3) is 3.08. The van der Waals surface area contributed by atoms with E-state index in [1.165, 1.54) is 19.1 Å². The molecular weight excluding hydrogens is 237 g/mol. The van der Waals surface area contributed by atoms with E-state index < -0.39 is 24.1 Å². The van der Waals surface area contributed by atoms with Crippen LogP contribution in [0.5, 0.6) is 0 Å². The van der Waals surface area contributed by atoms with Crippen LogP contribution in [-0.4, -0.2) is 22.3 Å². The van der Waals surface area contributed by atoms with E-state index in [1.807, 2.05) is 0 Å². The normalized spacial score (nSPS) is 14.2. The van der Waals surface area contributed by atoms with Crippen molar-refractivity contribution < 1.29 is 19.4 Å². The Morgan fingerprint density at radius 3 is 2.69 bits per heavy atom. The fourth-order valence-electron chi connectivity index (χ4n) is 1.26. The highest BCUT2D eigenvalue weighted by Gasteiger charge is 2.18. The van der Waals surface area contributed by atoms with Gasteiger partial charge in [-0.05, 0) is 24.6 Å². The van der Waals surface area contributed by atoms with Crippen molar-refractivity contribution in [2.45, 2.75) is 19.1 Å². The molecule has 1 aromatic carbocycles. The van der Waals surface area contributed by atoms with Crippen molar-refractivity contribution in [1.29, 1.82) is 0 Å². The van der Waals surface area contributed by atoms with E-state index in [9.17, 15) is 14.3 Å². The molecule has 2 atom stereocenters. The van der Waals surface area contributed by atoms with E-state index in [1.54, 1.807) is 0 Å². The molecule has 6 heteroatoms. The zero-order chi connectivity index (χ0) is 12.3. The van der Waals surface area contributed by atoms with E-state index in [0.717, 1.165) is 6.07 Å². The summed E-state index contributed by atoms with van der Waals surface area (Å²) in [5.41, 5.74) is 0.354. The molecule has 0 saturated carbocycles. The number of amides is 1. The van der Waals surface area contributed by atoms with Gasteiger partial charge in [-0.1, -0.05) is 17.7 Å². The second-order valence-corrected chi connectivity index (χ2v) is 3.76. The molecule has 0 aliphatic rings. The number of carboxylic acid groups (broad SMARTS) is 1. The Bertz CT molecular complexity index is 400. The first-order valence-corrected chi connectivity index (χ1v) is 4.92. The number of carbonyl (C=O) groups is 1. The van der Waals surface area contributed by atoms with Crippen LogP contribution in [0, 0.1) is 5.82 Å². The summed E-state index contributed by atoms with van der Waals surface area (Å²) in [5.74, 6) is -0.587. The molecule has 0 saturated heterocycles. The van der Waals surface area contributed by atoms with Crippen LogP contribution in [0.3, 0.4) is 0 Å². The summed E-state index contributed by atoms with van der Waals surface area (Å²) in [5, 5.41) is 20.2. The Morgan fingerprint density at radius 1 is 1.56 bits per heavy atom. The molecule has 0 aromatic heterocycles. The Hall–Kier alpha value is -1.33. The predicted octanol–water partition coefficient (Wildman–Crippen LogP) is 2.17. The van der Waals surface area contributed by atoms with Crippen LogP contribution in [0.4, 0.5) is 9.18 Å². The zero-order valence-electron chi connectivity index (χ0n) is 8.45. The van der Waals surface area contributed by atoms with E-state index >= 15 is 0 Å². The maximum absolute atomic E-state index is 12.9. The molecule has 0 spiro atoms. The quantitative estimate of drug-likeness (QED) is 0.767. The van der Waals surface area contributed by atoms with E-state index in [0.29, 0.717) is 5.56 Å². The van der Waals surface area contributed by atoms with Gasteiger partial charge in [0, 0.05) is 0 Å². The standard InChI is InChI=1S/C10H11ClFNO3/c1-5(13-10(15)16)9(14)6-2-3-8(12)7(11)4-6/h2-5,9,13-14H,1H3,(H,15,16)/t5-,9-/m0/s1. The third-order valence-corrected chi connectivity index (χ3v) is 2.40. The van der Waals surface area contributed by atoms with Gasteiger partial charge in [-0.2, -0.15) is 0 Å². The molecule has 0 aliphatic carbocycles. The molecule has 0 heterocycles. The number of benzene rings is 1. The number of aliphatic hydroxyl groups is 1. The van der Waals surface area contributed by atoms with Gasteiger partial charge < -0.3 is 15.5 Å². The molecule has 4 nitrogen and oxygen atoms in total. The predicted molar refractivity (Wildman–Crippen MR) is 57.0 cm³/mol. The molecule has 88 valence electrons. The van der Waals surface area contributed by atoms with Crippen LogP contribution >= 0.6 is 11.6 Å². The largest absolute Gasteiger partial charge is 0.465 e. The summed E-state index contributed by atoms with van der Waals surface area (Å²) in [4.78, 5) is 10.4. The Balaban J connectivity index is 2.83. The number of aliphatic hydroxyl groups excluding tert-OH is 1. The molecule has 0 aliphatic heterocycles. The minimum absolute atomic E-state index is 0.112. The number of nitrogens with one attached hydrogen (secondary N) is 1. The lowest BCUT2D eigenvalue weighted by Gasteiger charge is -2.19. The molecule has 1 amide bonds. The summed E-state index contributed by atoms with van der Waals surface area (Å²) in [6.45, 7) is 1.50. The maximum Gasteiger partial charge on any atom is 0.404 e. The van der Waals surface area contributed by atoms with Gasteiger partial charge in [0.2, 0.25) is 0 Å². The lowest BCUT2D eigenvalue weighted by atomic mass is 10.0. The molecule has 0 radical (unpaired) electrons. The van der Waals surface area contributed by atoms with Gasteiger partial charge in [0.1, 0.15) is 5.82 Å². The molecule has 0 fully saturated rings. The lowest BCUT2D eigenvalue weighted by molar-refractivity contribution is 0.127. The highest BCUT2D eigenvalue weighted by Crippen LogP contribution is 2.22. The summed E-state index contributed by atoms with van der Waals surface area (Å²) in [6.07, 6.45) is -2.31. The molecule has 16 heavy (non-hydrogen) atoms. The molecule has 0 bridgehead atoms. The zero-order valence-corrected chi connectivity index (χ0v) is 9.20. The Kier molecular flexibility index (Phi) is 4.09. The van der Waals surface area contributed by atoms with Gasteiger partial charge in [0.15, 0.2) is 0 Å². The van der Waals surface area contributed by atoms with Crippen LogP contribution in [-0.2, 0) is 0 Å². The topological polar surface area (TPSA) is 69.6 Å². The monoisotopic (exact) mass is 247 g/mol. The van der Waals surface area contributed by atoms with Crippen molar-refractivity contribution in [3.8, 4) is 0 Å². The highest BCUT2D eigenvalue weighted by molar-refractivity contribution is 6.30. The molecule has 1 rings (SSSR count). The van der Waals surface area contributed by atoms with Crippen LogP contribution < -0.4 is 5.32 Å². The van der Waals surface area contributed by atoms with Crippen molar-refractivity contribution >= 4 is 17.7 Å². The van der Waals surface area contributed by atoms with Crippen molar-refractivity contribution in [3.63, 3.8) is 0 Å². The van der Waals surface area contributed by atoms with Gasteiger partial charge >= 0.3 is 6.09 Å². The number of halogens is 2. The first-order valence-electron chi connectivity index (χ1n) is 4.54. The van der Waals surface area contributed by atoms with Gasteiger partial charge in [0.25, 0.3) is 0 Å². The van der Waals surface area contributed by atoms with Gasteiger partial charge in [-0.15, -0.1) is 0 Å². The van der Waals surface area contributed by atoms with Crippen molar-refractivity contribution in [2.24, 2.45) is 0 Å². The smallest absolute Gasteiger partial charge is 0.404 e. The number of rotatable bonds is 3. The number of hydrogen-bond acceptors (Lipinski definition) is 2. The van der Waals surface area contributed by atoms with Gasteiger partial charge in [-0.3, -0.25) is 0 Å². The second-order valence-electron chi connectivity index (χ2n) is 3.36. The van der Waals surface area contributed by atoms with Crippen LogP contribution in [0.2, 0.25) is 5.02 Å². The molecular formula is C10H11ClFNO3. The summed E-state index contributed by atoms with van der Waals surface area (Å²) in [7, 11) is 0. The first kappa shape index (κ1) is 12.7. The van der Waals surface area contributed by atoms with Crippen LogP contribution in [0.25, 0.3) is 0 Å². The molecule has 0 unspecified atom stereocenters. The average Bonchev–Trinajstić information content (AvgIpc) is 2.20. The Morgan fingerprint density at radius 2 is 2.19 bits per heavy atom. The summed E-state index contributed by atoms with van der Waals surface area (Å²) < 4.78 is 12.9. The van der Waals surface area contributed by atoms with Gasteiger partial charge in [-0.25, -0.2) is 9.18 Å². The molecule has 1 aromatic rings. The SMILES string of the molecule is C[C@H](NC(=O)O)[C@H](O)c1ccc(F)c(Cl)c1. The van der Waals surface area contributed by atoms with Crippen LogP contribution in [0.15, 0.2) is 18.2 Å². The van der Waals surface area contributed by atoms with E-state index in [4.69, 9.17) is 16.7 Å². The number of hydrogen-bond donors (Lipinski definition) is 3. The van der Waals surface area contributed by atoms with E-state index in [2.05, 4.69) is 5.32 Å². The average molecular weight is 248 g/mol. The van der Waals surface area contributed by atoms with E-state index in [-0.39, 0.29) is 5.02 Å². The fourth-order valence-corrected chi connectivity index (χ4v) is 1.45. The second kappa shape index (κ2) is 5.14. The van der Waals surface area contributed by atoms with Crippen LogP contribution in [0.1, 0.15) is 18.6 Å². The van der Waals surface area contributed by atoms with Crippen molar-refractivity contribution in [3.05, 3.63) is 34.6 Å². The lowest BCUT2D eigenvalue weighted by Crippen LogP contribution is -2.35. The van der Waals surface area contributed by atoms with Crippen molar-refractivity contribution in [2.75, 3.05) is 0 Å². The minimum atomic E-state index is -1.24. The first-order chi connectivity index (χ1) is 7.41.